The summed E-state index contributed by atoms with van der Waals surface area (Å²) in [5.74, 6) is -1.13. The van der Waals surface area contributed by atoms with Crippen LogP contribution >= 0.6 is 0 Å². The molecule has 3 atom stereocenters. The minimum Gasteiger partial charge on any atom is -0.813 e. The molecule has 132 valence electrons. The first-order valence-electron chi connectivity index (χ1n) is 5.49. The average molecular weight is 451 g/mol. The Morgan fingerprint density at radius 2 is 1.45 bits per heavy atom. The molecule has 0 aromatic carbocycles. The predicted molar refractivity (Wildman–Crippen MR) is 104 cm³/mol. The van der Waals surface area contributed by atoms with E-state index in [0.29, 0.717) is 0 Å². The Kier molecular flexibility index (Phi) is 29.8. The molecule has 6 nitrogen and oxygen atoms in total. The molecule has 0 saturated heterocycles. The van der Waals surface area contributed by atoms with Gasteiger partial charge in [-0.25, -0.2) is 0 Å². The smallest absolute Gasteiger partial charge is 0.813 e. The van der Waals surface area contributed by atoms with Gasteiger partial charge in [-0.1, -0.05) is 13.8 Å². The quantitative estimate of drug-likeness (QED) is 0.182. The summed E-state index contributed by atoms with van der Waals surface area (Å²) in [6.45, 7) is 4.60. The summed E-state index contributed by atoms with van der Waals surface area (Å²) in [6, 6.07) is -2.13. The monoisotopic (exact) mass is 452 g/mol. The summed E-state index contributed by atoms with van der Waals surface area (Å²) in [4.78, 5) is 23.1. The largest absolute Gasteiger partial charge is 4.00 e. The summed E-state index contributed by atoms with van der Waals surface area (Å²) in [5.41, 5.74) is 10.2. The number of carbonyl (C=O) groups excluding carboxylic acids is 2. The van der Waals surface area contributed by atoms with Crippen molar-refractivity contribution in [2.75, 3.05) is 6.61 Å². The van der Waals surface area contributed by atoms with Gasteiger partial charge < -0.3 is 75.7 Å². The molecular formula is C11H26GeN2O4S4. The second kappa shape index (κ2) is 17.0. The van der Waals surface area contributed by atoms with E-state index in [9.17, 15) is 14.7 Å². The van der Waals surface area contributed by atoms with Crippen molar-refractivity contribution < 1.29 is 19.8 Å². The van der Waals surface area contributed by atoms with Crippen molar-refractivity contribution in [1.29, 1.82) is 0 Å². The van der Waals surface area contributed by atoms with E-state index < -0.39 is 35.2 Å². The molecule has 3 unspecified atom stereocenters. The molecule has 0 amide bonds. The number of Topliss-reactive ketones (excluding diaryl/α,β-unsaturated/α-hetero) is 2. The van der Waals surface area contributed by atoms with E-state index in [-0.39, 0.29) is 84.6 Å². The van der Waals surface area contributed by atoms with E-state index in [4.69, 9.17) is 16.6 Å². The molecule has 11 heteroatoms. The van der Waals surface area contributed by atoms with E-state index in [1.165, 1.54) is 6.92 Å². The van der Waals surface area contributed by atoms with Crippen LogP contribution in [0.15, 0.2) is 0 Å². The molecule has 0 bridgehead atoms. The third kappa shape index (κ3) is 13.6. The van der Waals surface area contributed by atoms with Crippen LogP contribution < -0.4 is 11.5 Å². The minimum atomic E-state index is -1.57. The Hall–Kier alpha value is 1.12. The van der Waals surface area contributed by atoms with Crippen LogP contribution in [0.3, 0.4) is 0 Å². The Bertz CT molecular complexity index is 310. The van der Waals surface area contributed by atoms with Crippen LogP contribution in [-0.2, 0) is 63.6 Å². The number of aliphatic hydroxyl groups excluding tert-OH is 2. The number of aliphatic hydroxyl groups is 2. The maximum Gasteiger partial charge on any atom is 4.00 e. The maximum absolute atomic E-state index is 11.7. The topological polar surface area (TPSA) is 127 Å². The third-order valence-electron chi connectivity index (χ3n) is 2.53. The van der Waals surface area contributed by atoms with Gasteiger partial charge in [-0.3, -0.25) is 9.59 Å². The van der Waals surface area contributed by atoms with Gasteiger partial charge in [0.2, 0.25) is 0 Å². The maximum atomic E-state index is 11.7. The first-order chi connectivity index (χ1) is 7.62. The van der Waals surface area contributed by atoms with Crippen molar-refractivity contribution in [2.45, 2.75) is 45.4 Å². The van der Waals surface area contributed by atoms with Crippen molar-refractivity contribution in [3.63, 3.8) is 0 Å². The Morgan fingerprint density at radius 3 is 1.73 bits per heavy atom. The molecule has 22 heavy (non-hydrogen) atoms. The molecule has 0 rings (SSSR count). The van der Waals surface area contributed by atoms with Gasteiger partial charge in [0.15, 0.2) is 11.6 Å². The van der Waals surface area contributed by atoms with Crippen molar-refractivity contribution >= 4 is 83.1 Å². The van der Waals surface area contributed by atoms with Crippen molar-refractivity contribution in [3.8, 4) is 0 Å². The van der Waals surface area contributed by atoms with E-state index in [1.807, 2.05) is 0 Å². The van der Waals surface area contributed by atoms with Gasteiger partial charge in [-0.2, -0.15) is 0 Å². The van der Waals surface area contributed by atoms with Crippen molar-refractivity contribution in [2.24, 2.45) is 16.9 Å². The second-order valence-electron chi connectivity index (χ2n) is 5.13. The molecular weight excluding hydrogens is 425 g/mol. The summed E-state index contributed by atoms with van der Waals surface area (Å²) in [5, 5.41) is 18.6. The molecule has 0 radical (unpaired) electrons. The SMILES string of the molecule is CC(N)C(=O)C(N)C(O)C(=O)CC(C)(C)CO.[Ge+4].[SH-].[SH-].[SH-].[SH-]. The Labute approximate surface area is 171 Å². The molecule has 0 aromatic heterocycles. The fraction of sp³-hybridized carbons (Fsp3) is 0.818. The molecule has 6 N–H and O–H groups in total. The van der Waals surface area contributed by atoms with E-state index in [0.717, 1.165) is 0 Å². The third-order valence-corrected chi connectivity index (χ3v) is 2.53. The second-order valence-corrected chi connectivity index (χ2v) is 5.13. The van der Waals surface area contributed by atoms with Crippen LogP contribution in [0.4, 0.5) is 0 Å². The van der Waals surface area contributed by atoms with Crippen molar-refractivity contribution in [3.05, 3.63) is 0 Å². The van der Waals surface area contributed by atoms with E-state index >= 15 is 0 Å². The fourth-order valence-electron chi connectivity index (χ4n) is 1.29. The zero-order valence-corrected chi connectivity index (χ0v) is 18.5. The molecule has 0 fully saturated rings. The van der Waals surface area contributed by atoms with Crippen LogP contribution in [-0.4, -0.2) is 64.2 Å². The number of hydrogen-bond acceptors (Lipinski definition) is 10. The van der Waals surface area contributed by atoms with Crippen LogP contribution in [0.1, 0.15) is 27.2 Å². The van der Waals surface area contributed by atoms with Gasteiger partial charge in [0.1, 0.15) is 6.10 Å². The summed E-state index contributed by atoms with van der Waals surface area (Å²) in [6.07, 6.45) is -1.62. The van der Waals surface area contributed by atoms with Gasteiger partial charge >= 0.3 is 17.6 Å². The normalized spacial score (nSPS) is 13.4. The Balaban J connectivity index is -0.000000128. The van der Waals surface area contributed by atoms with Gasteiger partial charge in [-0.05, 0) is 12.3 Å². The van der Waals surface area contributed by atoms with Gasteiger partial charge in [0, 0.05) is 13.0 Å². The molecule has 0 aromatic rings. The summed E-state index contributed by atoms with van der Waals surface area (Å²) < 4.78 is 0. The van der Waals surface area contributed by atoms with Crippen LogP contribution in [0.2, 0.25) is 0 Å². The summed E-state index contributed by atoms with van der Waals surface area (Å²) >= 11 is 0. The number of rotatable bonds is 7. The molecule has 0 aliphatic heterocycles. The number of carbonyl (C=O) groups is 2. The first kappa shape index (κ1) is 38.6. The number of ketones is 2. The molecule has 0 heterocycles. The molecule has 0 aliphatic carbocycles. The molecule has 0 spiro atoms. The zero-order valence-electron chi connectivity index (χ0n) is 12.8. The predicted octanol–water partition coefficient (Wildman–Crippen LogP) is -2.89. The van der Waals surface area contributed by atoms with Crippen LogP contribution in [0.5, 0.6) is 0 Å². The number of thiol groups is 4. The van der Waals surface area contributed by atoms with E-state index in [2.05, 4.69) is 0 Å². The standard InChI is InChI=1S/C11H22N2O4.Ge.4H2S/c1-6(12)9(16)8(13)10(17)7(15)4-11(2,3)5-14;;;;;/h6,8,10,14,17H,4-5,12-13H2,1-3H3;;4*1H2/q;+4;;;;/p-4. The molecule has 0 aliphatic rings. The molecule has 0 saturated carbocycles. The minimum absolute atomic E-state index is 0. The first-order valence-corrected chi connectivity index (χ1v) is 5.49. The van der Waals surface area contributed by atoms with E-state index in [1.54, 1.807) is 13.8 Å². The van der Waals surface area contributed by atoms with Crippen LogP contribution in [0.25, 0.3) is 0 Å². The van der Waals surface area contributed by atoms with Crippen molar-refractivity contribution in [1.82, 2.24) is 0 Å². The van der Waals surface area contributed by atoms with Gasteiger partial charge in [-0.15, -0.1) is 0 Å². The zero-order chi connectivity index (χ0) is 13.8. The summed E-state index contributed by atoms with van der Waals surface area (Å²) in [7, 11) is 0. The van der Waals surface area contributed by atoms with Gasteiger partial charge in [0.05, 0.1) is 12.1 Å². The number of nitrogens with two attached hydrogens (primary N) is 2. The van der Waals surface area contributed by atoms with Gasteiger partial charge in [0.25, 0.3) is 0 Å². The number of hydrogen-bond donors (Lipinski definition) is 4. The fourth-order valence-corrected chi connectivity index (χ4v) is 1.29. The average Bonchev–Trinajstić information content (AvgIpc) is 2.25. The Morgan fingerprint density at radius 1 is 1.09 bits per heavy atom. The van der Waals surface area contributed by atoms with Crippen LogP contribution in [0, 0.1) is 5.41 Å².